The summed E-state index contributed by atoms with van der Waals surface area (Å²) in [5, 5.41) is 0. The molecule has 2 rings (SSSR count). The molecule has 0 aromatic heterocycles. The SMILES string of the molecule is CC1CCC(NS(=O)(=O)N2CCCCCC2)C1. The highest BCUT2D eigenvalue weighted by Gasteiger charge is 2.29. The summed E-state index contributed by atoms with van der Waals surface area (Å²) >= 11 is 0. The van der Waals surface area contributed by atoms with Crippen LogP contribution in [-0.2, 0) is 10.2 Å². The third-order valence-electron chi connectivity index (χ3n) is 3.92. The van der Waals surface area contributed by atoms with Crippen LogP contribution < -0.4 is 4.72 Å². The number of rotatable bonds is 3. The third kappa shape index (κ3) is 3.66. The molecule has 0 spiro atoms. The molecule has 5 heteroatoms. The lowest BCUT2D eigenvalue weighted by molar-refractivity contribution is 0.406. The summed E-state index contributed by atoms with van der Waals surface area (Å²) < 4.78 is 29.0. The van der Waals surface area contributed by atoms with Crippen molar-refractivity contribution >= 4 is 10.2 Å². The van der Waals surface area contributed by atoms with E-state index in [4.69, 9.17) is 0 Å². The van der Waals surface area contributed by atoms with Crippen molar-refractivity contribution in [1.82, 2.24) is 9.03 Å². The number of hydrogen-bond donors (Lipinski definition) is 1. The van der Waals surface area contributed by atoms with Gasteiger partial charge in [0.2, 0.25) is 0 Å². The van der Waals surface area contributed by atoms with Gasteiger partial charge in [-0.25, -0.2) is 0 Å². The first-order chi connectivity index (χ1) is 8.08. The summed E-state index contributed by atoms with van der Waals surface area (Å²) in [6.45, 7) is 3.58. The Morgan fingerprint density at radius 2 is 1.71 bits per heavy atom. The van der Waals surface area contributed by atoms with E-state index in [0.717, 1.165) is 44.9 Å². The summed E-state index contributed by atoms with van der Waals surface area (Å²) in [5.41, 5.74) is 0. The van der Waals surface area contributed by atoms with Crippen molar-refractivity contribution in [3.63, 3.8) is 0 Å². The first kappa shape index (κ1) is 13.3. The quantitative estimate of drug-likeness (QED) is 0.842. The van der Waals surface area contributed by atoms with E-state index < -0.39 is 10.2 Å². The number of nitrogens with one attached hydrogen (secondary N) is 1. The van der Waals surface area contributed by atoms with Gasteiger partial charge < -0.3 is 0 Å². The van der Waals surface area contributed by atoms with Gasteiger partial charge in [0, 0.05) is 19.1 Å². The van der Waals surface area contributed by atoms with Crippen LogP contribution in [0.5, 0.6) is 0 Å². The lowest BCUT2D eigenvalue weighted by Gasteiger charge is -2.22. The fraction of sp³-hybridized carbons (Fsp3) is 1.00. The summed E-state index contributed by atoms with van der Waals surface area (Å²) in [4.78, 5) is 0. The monoisotopic (exact) mass is 260 g/mol. The Labute approximate surface area is 105 Å². The van der Waals surface area contributed by atoms with E-state index in [1.54, 1.807) is 4.31 Å². The Morgan fingerprint density at radius 1 is 1.06 bits per heavy atom. The van der Waals surface area contributed by atoms with Crippen molar-refractivity contribution in [2.75, 3.05) is 13.1 Å². The van der Waals surface area contributed by atoms with Gasteiger partial charge in [-0.2, -0.15) is 17.4 Å². The van der Waals surface area contributed by atoms with Crippen molar-refractivity contribution in [2.45, 2.75) is 57.9 Å². The number of nitrogens with zero attached hydrogens (tertiary/aromatic N) is 1. The molecule has 0 bridgehead atoms. The fourth-order valence-electron chi connectivity index (χ4n) is 2.88. The second kappa shape index (κ2) is 5.67. The molecule has 2 unspecified atom stereocenters. The maximum atomic E-state index is 12.2. The highest BCUT2D eigenvalue weighted by atomic mass is 32.2. The molecular weight excluding hydrogens is 236 g/mol. The molecule has 0 amide bonds. The molecule has 1 N–H and O–H groups in total. The minimum atomic E-state index is -3.23. The van der Waals surface area contributed by atoms with Gasteiger partial charge in [0.25, 0.3) is 10.2 Å². The third-order valence-corrected chi connectivity index (χ3v) is 5.59. The summed E-state index contributed by atoms with van der Waals surface area (Å²) in [6.07, 6.45) is 7.46. The number of hydrogen-bond acceptors (Lipinski definition) is 2. The van der Waals surface area contributed by atoms with E-state index in [1.165, 1.54) is 0 Å². The average molecular weight is 260 g/mol. The van der Waals surface area contributed by atoms with Crippen LogP contribution in [0.2, 0.25) is 0 Å². The van der Waals surface area contributed by atoms with Crippen LogP contribution in [0.3, 0.4) is 0 Å². The molecule has 4 nitrogen and oxygen atoms in total. The first-order valence-electron chi connectivity index (χ1n) is 6.85. The molecular formula is C12H24N2O2S. The highest BCUT2D eigenvalue weighted by Crippen LogP contribution is 2.25. The van der Waals surface area contributed by atoms with Crippen molar-refractivity contribution in [2.24, 2.45) is 5.92 Å². The van der Waals surface area contributed by atoms with Crippen LogP contribution in [0, 0.1) is 5.92 Å². The van der Waals surface area contributed by atoms with E-state index in [9.17, 15) is 8.42 Å². The van der Waals surface area contributed by atoms with E-state index >= 15 is 0 Å². The molecule has 17 heavy (non-hydrogen) atoms. The molecule has 100 valence electrons. The lowest BCUT2D eigenvalue weighted by Crippen LogP contribution is -2.45. The van der Waals surface area contributed by atoms with Crippen molar-refractivity contribution in [3.8, 4) is 0 Å². The first-order valence-corrected chi connectivity index (χ1v) is 8.29. The van der Waals surface area contributed by atoms with E-state index in [1.807, 2.05) is 0 Å². The topological polar surface area (TPSA) is 49.4 Å². The fourth-order valence-corrected chi connectivity index (χ4v) is 4.40. The molecule has 2 aliphatic rings. The Morgan fingerprint density at radius 3 is 2.24 bits per heavy atom. The maximum absolute atomic E-state index is 12.2. The van der Waals surface area contributed by atoms with Crippen LogP contribution in [0.15, 0.2) is 0 Å². The Hall–Kier alpha value is -0.130. The van der Waals surface area contributed by atoms with Crippen LogP contribution in [0.25, 0.3) is 0 Å². The lowest BCUT2D eigenvalue weighted by atomic mass is 10.1. The normalized spacial score (nSPS) is 32.5. The second-order valence-corrected chi connectivity index (χ2v) is 7.25. The van der Waals surface area contributed by atoms with E-state index in [0.29, 0.717) is 19.0 Å². The minimum absolute atomic E-state index is 0.165. The summed E-state index contributed by atoms with van der Waals surface area (Å²) in [6, 6.07) is 0.165. The largest absolute Gasteiger partial charge is 0.279 e. The van der Waals surface area contributed by atoms with Gasteiger partial charge in [-0.15, -0.1) is 0 Å². The molecule has 1 saturated carbocycles. The standard InChI is InChI=1S/C12H24N2O2S/c1-11-6-7-12(10-11)13-17(15,16)14-8-4-2-3-5-9-14/h11-13H,2-10H2,1H3. The Balaban J connectivity index is 1.92. The van der Waals surface area contributed by atoms with Crippen LogP contribution in [0.1, 0.15) is 51.9 Å². The minimum Gasteiger partial charge on any atom is -0.199 e. The molecule has 0 aromatic carbocycles. The van der Waals surface area contributed by atoms with Crippen molar-refractivity contribution in [3.05, 3.63) is 0 Å². The van der Waals surface area contributed by atoms with Gasteiger partial charge >= 0.3 is 0 Å². The molecule has 2 atom stereocenters. The van der Waals surface area contributed by atoms with E-state index in [2.05, 4.69) is 11.6 Å². The van der Waals surface area contributed by atoms with Gasteiger partial charge in [-0.05, 0) is 38.0 Å². The smallest absolute Gasteiger partial charge is 0.199 e. The zero-order chi connectivity index (χ0) is 12.3. The van der Waals surface area contributed by atoms with Crippen LogP contribution >= 0.6 is 0 Å². The van der Waals surface area contributed by atoms with Gasteiger partial charge in [0.1, 0.15) is 0 Å². The van der Waals surface area contributed by atoms with Gasteiger partial charge in [0.05, 0.1) is 0 Å². The van der Waals surface area contributed by atoms with Gasteiger partial charge in [-0.3, -0.25) is 0 Å². The molecule has 1 aliphatic carbocycles. The molecule has 2 fully saturated rings. The Kier molecular flexibility index (Phi) is 4.44. The van der Waals surface area contributed by atoms with Crippen LogP contribution in [0.4, 0.5) is 0 Å². The molecule has 1 aliphatic heterocycles. The van der Waals surface area contributed by atoms with Gasteiger partial charge in [0.15, 0.2) is 0 Å². The van der Waals surface area contributed by atoms with E-state index in [-0.39, 0.29) is 6.04 Å². The zero-order valence-corrected chi connectivity index (χ0v) is 11.5. The summed E-state index contributed by atoms with van der Waals surface area (Å²) in [7, 11) is -3.23. The zero-order valence-electron chi connectivity index (χ0n) is 10.7. The maximum Gasteiger partial charge on any atom is 0.279 e. The second-order valence-electron chi connectivity index (χ2n) is 5.55. The van der Waals surface area contributed by atoms with Gasteiger partial charge in [-0.1, -0.05) is 19.8 Å². The predicted octanol–water partition coefficient (Wildman–Crippen LogP) is 1.89. The van der Waals surface area contributed by atoms with Crippen molar-refractivity contribution in [1.29, 1.82) is 0 Å². The molecule has 1 heterocycles. The molecule has 0 aromatic rings. The van der Waals surface area contributed by atoms with Crippen molar-refractivity contribution < 1.29 is 8.42 Å². The highest BCUT2D eigenvalue weighted by molar-refractivity contribution is 7.87. The predicted molar refractivity (Wildman–Crippen MR) is 68.9 cm³/mol. The summed E-state index contributed by atoms with van der Waals surface area (Å²) in [5.74, 6) is 0.659. The Bertz CT molecular complexity index is 334. The molecule has 0 radical (unpaired) electrons. The van der Waals surface area contributed by atoms with Crippen LogP contribution in [-0.4, -0.2) is 31.9 Å². The average Bonchev–Trinajstić information content (AvgIpc) is 2.56. The molecule has 1 saturated heterocycles.